The van der Waals surface area contributed by atoms with E-state index in [1.165, 1.54) is 0 Å². The number of hydrogen-bond donors (Lipinski definition) is 2. The summed E-state index contributed by atoms with van der Waals surface area (Å²) in [5.74, 6) is -0.483. The molecule has 2 aromatic heterocycles. The maximum atomic E-state index is 10.8. The Labute approximate surface area is 125 Å². The molecule has 1 unspecified atom stereocenters. The molecule has 7 nitrogen and oxygen atoms in total. The van der Waals surface area contributed by atoms with Crippen LogP contribution >= 0.6 is 0 Å². The van der Waals surface area contributed by atoms with Gasteiger partial charge in [-0.25, -0.2) is 14.8 Å². The third kappa shape index (κ3) is 2.75. The molecule has 112 valence electrons. The number of oxazole rings is 1. The van der Waals surface area contributed by atoms with Crippen LogP contribution in [0.25, 0.3) is 0 Å². The second-order valence-electron chi connectivity index (χ2n) is 4.66. The lowest BCUT2D eigenvalue weighted by atomic mass is 10.1. The van der Waals surface area contributed by atoms with Crippen molar-refractivity contribution in [3.63, 3.8) is 0 Å². The summed E-state index contributed by atoms with van der Waals surface area (Å²) < 4.78 is 6.78. The molecule has 2 heterocycles. The summed E-state index contributed by atoms with van der Waals surface area (Å²) in [6.45, 7) is 0.187. The molecule has 3 aromatic rings. The number of benzene rings is 1. The van der Waals surface area contributed by atoms with Gasteiger partial charge in [0.05, 0.1) is 0 Å². The molecule has 0 fully saturated rings. The number of rotatable bonds is 5. The predicted octanol–water partition coefficient (Wildman–Crippen LogP) is 1.70. The largest absolute Gasteiger partial charge is 0.476 e. The fourth-order valence-corrected chi connectivity index (χ4v) is 2.11. The zero-order chi connectivity index (χ0) is 15.5. The second kappa shape index (κ2) is 5.82. The van der Waals surface area contributed by atoms with E-state index in [0.29, 0.717) is 11.4 Å². The molecule has 7 heteroatoms. The molecular formula is C15H13N3O4. The number of aromatic carboxylic acids is 1. The van der Waals surface area contributed by atoms with Gasteiger partial charge in [0.1, 0.15) is 24.7 Å². The maximum absolute atomic E-state index is 10.8. The summed E-state index contributed by atoms with van der Waals surface area (Å²) in [4.78, 5) is 18.8. The molecule has 2 N–H and O–H groups in total. The van der Waals surface area contributed by atoms with Crippen LogP contribution in [0.15, 0.2) is 53.4 Å². The maximum Gasteiger partial charge on any atom is 0.357 e. The highest BCUT2D eigenvalue weighted by atomic mass is 16.4. The highest BCUT2D eigenvalue weighted by molar-refractivity contribution is 5.84. The van der Waals surface area contributed by atoms with Crippen molar-refractivity contribution in [3.05, 3.63) is 72.0 Å². The molecule has 1 atom stereocenters. The fraction of sp³-hybridized carbons (Fsp3) is 0.133. The SMILES string of the molecule is O=C(O)c1coc(Cn2ccnc2C(O)c2ccccc2)n1. The van der Waals surface area contributed by atoms with E-state index in [1.807, 2.05) is 18.2 Å². The van der Waals surface area contributed by atoms with Crippen LogP contribution < -0.4 is 0 Å². The van der Waals surface area contributed by atoms with Crippen molar-refractivity contribution in [2.45, 2.75) is 12.6 Å². The first-order valence-electron chi connectivity index (χ1n) is 6.57. The summed E-state index contributed by atoms with van der Waals surface area (Å²) >= 11 is 0. The first kappa shape index (κ1) is 14.0. The Hall–Kier alpha value is -2.93. The number of aliphatic hydroxyl groups is 1. The number of nitrogens with zero attached hydrogens (tertiary/aromatic N) is 3. The van der Waals surface area contributed by atoms with E-state index in [0.717, 1.165) is 6.26 Å². The van der Waals surface area contributed by atoms with E-state index in [2.05, 4.69) is 9.97 Å². The van der Waals surface area contributed by atoms with Crippen molar-refractivity contribution in [2.24, 2.45) is 0 Å². The van der Waals surface area contributed by atoms with Crippen molar-refractivity contribution < 1.29 is 19.4 Å². The zero-order valence-corrected chi connectivity index (χ0v) is 11.5. The summed E-state index contributed by atoms with van der Waals surface area (Å²) in [6.07, 6.45) is 3.43. The van der Waals surface area contributed by atoms with E-state index in [1.54, 1.807) is 29.1 Å². The minimum absolute atomic E-state index is 0.153. The average molecular weight is 299 g/mol. The van der Waals surface area contributed by atoms with Crippen molar-refractivity contribution in [1.82, 2.24) is 14.5 Å². The predicted molar refractivity (Wildman–Crippen MR) is 75.3 cm³/mol. The van der Waals surface area contributed by atoms with Crippen LogP contribution in [-0.4, -0.2) is 30.7 Å². The summed E-state index contributed by atoms with van der Waals surface area (Å²) in [6, 6.07) is 9.13. The van der Waals surface area contributed by atoms with Crippen molar-refractivity contribution >= 4 is 5.97 Å². The van der Waals surface area contributed by atoms with Crippen molar-refractivity contribution in [1.29, 1.82) is 0 Å². The first-order chi connectivity index (χ1) is 10.6. The monoisotopic (exact) mass is 299 g/mol. The number of aromatic nitrogens is 3. The van der Waals surface area contributed by atoms with Crippen molar-refractivity contribution in [3.8, 4) is 0 Å². The quantitative estimate of drug-likeness (QED) is 0.743. The van der Waals surface area contributed by atoms with Gasteiger partial charge in [0.25, 0.3) is 0 Å². The summed E-state index contributed by atoms with van der Waals surface area (Å²) in [7, 11) is 0. The minimum atomic E-state index is -1.15. The first-order valence-corrected chi connectivity index (χ1v) is 6.57. The molecule has 0 saturated carbocycles. The third-order valence-corrected chi connectivity index (χ3v) is 3.18. The molecule has 22 heavy (non-hydrogen) atoms. The van der Waals surface area contributed by atoms with Gasteiger partial charge in [0.15, 0.2) is 5.69 Å². The third-order valence-electron chi connectivity index (χ3n) is 3.18. The molecule has 0 aliphatic carbocycles. The lowest BCUT2D eigenvalue weighted by molar-refractivity contribution is 0.0690. The Kier molecular flexibility index (Phi) is 3.71. The highest BCUT2D eigenvalue weighted by Gasteiger charge is 2.18. The normalized spacial score (nSPS) is 12.2. The molecule has 0 aliphatic rings. The molecule has 1 aromatic carbocycles. The van der Waals surface area contributed by atoms with E-state index in [4.69, 9.17) is 9.52 Å². The number of carboxylic acids is 1. The Morgan fingerprint density at radius 1 is 1.32 bits per heavy atom. The molecule has 0 bridgehead atoms. The van der Waals surface area contributed by atoms with Gasteiger partial charge in [-0.1, -0.05) is 30.3 Å². The van der Waals surface area contributed by atoms with E-state index in [-0.39, 0.29) is 18.1 Å². The molecular weight excluding hydrogens is 286 g/mol. The van der Waals surface area contributed by atoms with Crippen LogP contribution in [0.4, 0.5) is 0 Å². The van der Waals surface area contributed by atoms with Crippen LogP contribution in [-0.2, 0) is 6.54 Å². The van der Waals surface area contributed by atoms with Gasteiger partial charge in [-0.2, -0.15) is 0 Å². The average Bonchev–Trinajstić information content (AvgIpc) is 3.17. The van der Waals surface area contributed by atoms with E-state index in [9.17, 15) is 9.90 Å². The summed E-state index contributed by atoms with van der Waals surface area (Å²) in [5, 5.41) is 19.2. The number of carboxylic acid groups (broad SMARTS) is 1. The zero-order valence-electron chi connectivity index (χ0n) is 11.5. The number of aliphatic hydroxyl groups excluding tert-OH is 1. The van der Waals surface area contributed by atoms with Crippen LogP contribution in [0.1, 0.15) is 33.9 Å². The Bertz CT molecular complexity index is 779. The lowest BCUT2D eigenvalue weighted by Gasteiger charge is -2.12. The van der Waals surface area contributed by atoms with Crippen LogP contribution in [0.2, 0.25) is 0 Å². The Morgan fingerprint density at radius 2 is 2.09 bits per heavy atom. The molecule has 0 radical (unpaired) electrons. The van der Waals surface area contributed by atoms with Gasteiger partial charge >= 0.3 is 5.97 Å². The molecule has 0 amide bonds. The number of hydrogen-bond acceptors (Lipinski definition) is 5. The smallest absolute Gasteiger partial charge is 0.357 e. The van der Waals surface area contributed by atoms with Gasteiger partial charge in [-0.05, 0) is 5.56 Å². The van der Waals surface area contributed by atoms with Gasteiger partial charge in [0, 0.05) is 12.4 Å². The van der Waals surface area contributed by atoms with E-state index >= 15 is 0 Å². The summed E-state index contributed by atoms with van der Waals surface area (Å²) in [5.41, 5.74) is 0.564. The van der Waals surface area contributed by atoms with E-state index < -0.39 is 12.1 Å². The van der Waals surface area contributed by atoms with Gasteiger partial charge in [-0.3, -0.25) is 0 Å². The molecule has 3 rings (SSSR count). The topological polar surface area (TPSA) is 101 Å². The molecule has 0 spiro atoms. The Balaban J connectivity index is 1.84. The fourth-order valence-electron chi connectivity index (χ4n) is 2.11. The highest BCUT2D eigenvalue weighted by Crippen LogP contribution is 2.20. The van der Waals surface area contributed by atoms with Gasteiger partial charge < -0.3 is 19.2 Å². The van der Waals surface area contributed by atoms with Crippen molar-refractivity contribution in [2.75, 3.05) is 0 Å². The van der Waals surface area contributed by atoms with Crippen LogP contribution in [0, 0.1) is 0 Å². The number of carbonyl (C=O) groups is 1. The van der Waals surface area contributed by atoms with Crippen LogP contribution in [0.3, 0.4) is 0 Å². The second-order valence-corrected chi connectivity index (χ2v) is 4.66. The molecule has 0 aliphatic heterocycles. The Morgan fingerprint density at radius 3 is 2.77 bits per heavy atom. The van der Waals surface area contributed by atoms with Crippen LogP contribution in [0.5, 0.6) is 0 Å². The molecule has 0 saturated heterocycles. The van der Waals surface area contributed by atoms with Gasteiger partial charge in [0.2, 0.25) is 5.89 Å². The lowest BCUT2D eigenvalue weighted by Crippen LogP contribution is -2.11. The van der Waals surface area contributed by atoms with Gasteiger partial charge in [-0.15, -0.1) is 0 Å². The standard InChI is InChI=1S/C15H13N3O4/c19-13(10-4-2-1-3-5-10)14-16-6-7-18(14)8-12-17-11(9-22-12)15(20)21/h1-7,9,13,19H,8H2,(H,20,21). The minimum Gasteiger partial charge on any atom is -0.476 e. The number of imidazole rings is 1.